The average Bonchev–Trinajstić information content (AvgIpc) is 2.34. The molecule has 88 valence electrons. The molecular formula is C11H17N3O2. The predicted octanol–water partition coefficient (Wildman–Crippen LogP) is 0.177. The summed E-state index contributed by atoms with van der Waals surface area (Å²) in [5, 5.41) is 5.73. The van der Waals surface area contributed by atoms with Gasteiger partial charge < -0.3 is 15.4 Å². The Bertz CT molecular complexity index is 325. The molecule has 0 aliphatic carbocycles. The van der Waals surface area contributed by atoms with Crippen molar-refractivity contribution in [3.8, 4) is 0 Å². The molecule has 0 fully saturated rings. The minimum atomic E-state index is -0.168. The van der Waals surface area contributed by atoms with Gasteiger partial charge in [0.25, 0.3) is 5.91 Å². The van der Waals surface area contributed by atoms with E-state index >= 15 is 0 Å². The van der Waals surface area contributed by atoms with Crippen LogP contribution in [0, 0.1) is 0 Å². The second-order valence-corrected chi connectivity index (χ2v) is 3.30. The fraction of sp³-hybridized carbons (Fsp3) is 0.455. The Hall–Kier alpha value is -1.46. The molecule has 1 aromatic heterocycles. The molecule has 1 amide bonds. The summed E-state index contributed by atoms with van der Waals surface area (Å²) >= 11 is 0. The van der Waals surface area contributed by atoms with Crippen LogP contribution in [0.1, 0.15) is 16.1 Å². The molecule has 0 saturated heterocycles. The van der Waals surface area contributed by atoms with Gasteiger partial charge in [-0.05, 0) is 11.6 Å². The third-order valence-corrected chi connectivity index (χ3v) is 2.10. The van der Waals surface area contributed by atoms with E-state index in [1.165, 1.54) is 0 Å². The van der Waals surface area contributed by atoms with Crippen LogP contribution in [0.2, 0.25) is 0 Å². The van der Waals surface area contributed by atoms with Crippen molar-refractivity contribution in [2.75, 3.05) is 27.3 Å². The summed E-state index contributed by atoms with van der Waals surface area (Å²) in [5.74, 6) is -0.168. The number of ether oxygens (including phenoxy) is 1. The number of rotatable bonds is 6. The molecule has 5 nitrogen and oxygen atoms in total. The van der Waals surface area contributed by atoms with E-state index in [0.29, 0.717) is 12.3 Å². The fourth-order valence-electron chi connectivity index (χ4n) is 1.20. The first-order valence-corrected chi connectivity index (χ1v) is 5.14. The number of carbonyl (C=O) groups excluding carboxylic acids is 1. The molecular weight excluding hydrogens is 206 g/mol. The van der Waals surface area contributed by atoms with Gasteiger partial charge in [0.15, 0.2) is 0 Å². The summed E-state index contributed by atoms with van der Waals surface area (Å²) < 4.78 is 4.91. The molecule has 0 spiro atoms. The molecule has 0 saturated carbocycles. The maximum atomic E-state index is 11.2. The Morgan fingerprint density at radius 1 is 1.50 bits per heavy atom. The molecule has 5 heteroatoms. The number of carbonyl (C=O) groups is 1. The number of methoxy groups -OCH3 is 1. The number of aromatic nitrogens is 1. The molecule has 0 unspecified atom stereocenters. The highest BCUT2D eigenvalue weighted by Crippen LogP contribution is 1.99. The van der Waals surface area contributed by atoms with E-state index in [4.69, 9.17) is 4.74 Å². The van der Waals surface area contributed by atoms with Crippen molar-refractivity contribution < 1.29 is 9.53 Å². The maximum absolute atomic E-state index is 11.2. The van der Waals surface area contributed by atoms with Gasteiger partial charge in [-0.25, -0.2) is 0 Å². The van der Waals surface area contributed by atoms with Gasteiger partial charge in [-0.2, -0.15) is 0 Å². The second kappa shape index (κ2) is 6.92. The summed E-state index contributed by atoms with van der Waals surface area (Å²) in [6.07, 6.45) is 1.70. The number of nitrogens with one attached hydrogen (secondary N) is 2. The molecule has 2 N–H and O–H groups in total. The van der Waals surface area contributed by atoms with Crippen LogP contribution in [-0.2, 0) is 11.3 Å². The van der Waals surface area contributed by atoms with Crippen molar-refractivity contribution in [3.63, 3.8) is 0 Å². The number of hydrogen-bond donors (Lipinski definition) is 2. The van der Waals surface area contributed by atoms with Gasteiger partial charge in [-0.3, -0.25) is 9.78 Å². The predicted molar refractivity (Wildman–Crippen MR) is 61.2 cm³/mol. The summed E-state index contributed by atoms with van der Waals surface area (Å²) in [7, 11) is 3.26. The quantitative estimate of drug-likeness (QED) is 0.675. The first-order valence-electron chi connectivity index (χ1n) is 5.14. The van der Waals surface area contributed by atoms with Crippen molar-refractivity contribution in [1.82, 2.24) is 15.6 Å². The van der Waals surface area contributed by atoms with Gasteiger partial charge in [0, 0.05) is 33.4 Å². The zero-order chi connectivity index (χ0) is 11.8. The van der Waals surface area contributed by atoms with Crippen LogP contribution in [-0.4, -0.2) is 38.2 Å². The van der Waals surface area contributed by atoms with Crippen molar-refractivity contribution in [1.29, 1.82) is 0 Å². The number of hydrogen-bond acceptors (Lipinski definition) is 4. The first kappa shape index (κ1) is 12.6. The number of amides is 1. The highest BCUT2D eigenvalue weighted by molar-refractivity contribution is 5.91. The summed E-state index contributed by atoms with van der Waals surface area (Å²) in [6, 6.07) is 3.60. The van der Waals surface area contributed by atoms with Crippen LogP contribution in [0.5, 0.6) is 0 Å². The van der Waals surface area contributed by atoms with Crippen molar-refractivity contribution in [2.45, 2.75) is 6.54 Å². The number of pyridine rings is 1. The SMILES string of the molecule is CNC(=O)c1ccc(CNCCOC)cn1. The minimum Gasteiger partial charge on any atom is -0.383 e. The molecule has 1 aromatic rings. The van der Waals surface area contributed by atoms with E-state index < -0.39 is 0 Å². The highest BCUT2D eigenvalue weighted by Gasteiger charge is 2.03. The molecule has 0 radical (unpaired) electrons. The molecule has 1 rings (SSSR count). The molecule has 0 aliphatic rings. The van der Waals surface area contributed by atoms with Crippen LogP contribution in [0.15, 0.2) is 18.3 Å². The minimum absolute atomic E-state index is 0.168. The summed E-state index contributed by atoms with van der Waals surface area (Å²) in [4.78, 5) is 15.3. The summed E-state index contributed by atoms with van der Waals surface area (Å²) in [5.41, 5.74) is 1.48. The highest BCUT2D eigenvalue weighted by atomic mass is 16.5. The fourth-order valence-corrected chi connectivity index (χ4v) is 1.20. The molecule has 1 heterocycles. The lowest BCUT2D eigenvalue weighted by Gasteiger charge is -2.04. The Kier molecular flexibility index (Phi) is 5.45. The van der Waals surface area contributed by atoms with Crippen LogP contribution in [0.25, 0.3) is 0 Å². The van der Waals surface area contributed by atoms with E-state index in [2.05, 4.69) is 15.6 Å². The maximum Gasteiger partial charge on any atom is 0.269 e. The van der Waals surface area contributed by atoms with Gasteiger partial charge in [-0.1, -0.05) is 6.07 Å². The normalized spacial score (nSPS) is 10.1. The Morgan fingerprint density at radius 2 is 2.31 bits per heavy atom. The van der Waals surface area contributed by atoms with Crippen LogP contribution in [0.4, 0.5) is 0 Å². The smallest absolute Gasteiger partial charge is 0.269 e. The Morgan fingerprint density at radius 3 is 2.88 bits per heavy atom. The van der Waals surface area contributed by atoms with Crippen molar-refractivity contribution >= 4 is 5.91 Å². The lowest BCUT2D eigenvalue weighted by Crippen LogP contribution is -2.20. The summed E-state index contributed by atoms with van der Waals surface area (Å²) in [6.45, 7) is 2.21. The lowest BCUT2D eigenvalue weighted by atomic mass is 10.2. The zero-order valence-corrected chi connectivity index (χ0v) is 9.62. The van der Waals surface area contributed by atoms with Crippen LogP contribution >= 0.6 is 0 Å². The molecule has 0 atom stereocenters. The monoisotopic (exact) mass is 223 g/mol. The van der Waals surface area contributed by atoms with E-state index in [9.17, 15) is 4.79 Å². The van der Waals surface area contributed by atoms with Gasteiger partial charge in [-0.15, -0.1) is 0 Å². The lowest BCUT2D eigenvalue weighted by molar-refractivity contribution is 0.0958. The first-order chi connectivity index (χ1) is 7.77. The number of nitrogens with zero attached hydrogens (tertiary/aromatic N) is 1. The third-order valence-electron chi connectivity index (χ3n) is 2.10. The van der Waals surface area contributed by atoms with E-state index in [1.807, 2.05) is 6.07 Å². The Balaban J connectivity index is 2.42. The van der Waals surface area contributed by atoms with E-state index in [-0.39, 0.29) is 5.91 Å². The largest absolute Gasteiger partial charge is 0.383 e. The van der Waals surface area contributed by atoms with Gasteiger partial charge in [0.2, 0.25) is 0 Å². The molecule has 0 aliphatic heterocycles. The van der Waals surface area contributed by atoms with E-state index in [0.717, 1.165) is 18.7 Å². The van der Waals surface area contributed by atoms with E-state index in [1.54, 1.807) is 26.4 Å². The Labute approximate surface area is 95.2 Å². The topological polar surface area (TPSA) is 63.2 Å². The van der Waals surface area contributed by atoms with Crippen LogP contribution in [0.3, 0.4) is 0 Å². The van der Waals surface area contributed by atoms with Crippen molar-refractivity contribution in [2.24, 2.45) is 0 Å². The molecule has 0 bridgehead atoms. The third kappa shape index (κ3) is 3.96. The molecule has 0 aromatic carbocycles. The second-order valence-electron chi connectivity index (χ2n) is 3.30. The van der Waals surface area contributed by atoms with Crippen LogP contribution < -0.4 is 10.6 Å². The van der Waals surface area contributed by atoms with Gasteiger partial charge in [0.1, 0.15) is 5.69 Å². The van der Waals surface area contributed by atoms with Gasteiger partial charge in [0.05, 0.1) is 6.61 Å². The van der Waals surface area contributed by atoms with Crippen molar-refractivity contribution in [3.05, 3.63) is 29.6 Å². The molecule has 16 heavy (non-hydrogen) atoms. The standard InChI is InChI=1S/C11H17N3O2/c1-12-11(15)10-4-3-9(8-14-10)7-13-5-6-16-2/h3-4,8,13H,5-7H2,1-2H3,(H,12,15). The zero-order valence-electron chi connectivity index (χ0n) is 9.62. The average molecular weight is 223 g/mol. The van der Waals surface area contributed by atoms with Gasteiger partial charge >= 0.3 is 0 Å².